The van der Waals surface area contributed by atoms with Crippen molar-refractivity contribution < 1.29 is 0 Å². The van der Waals surface area contributed by atoms with Gasteiger partial charge in [0, 0.05) is 6.20 Å². The molecule has 0 spiro atoms. The van der Waals surface area contributed by atoms with Crippen molar-refractivity contribution in [2.45, 2.75) is 6.92 Å². The molecule has 3 nitrogen and oxygen atoms in total. The maximum atomic E-state index is 3.93. The Labute approximate surface area is 72.2 Å². The number of pyridine rings is 1. The standard InChI is InChI=1S/C7H6BrN3/c1-5-2-3-6-9-10-7(8)11(6)4-5/h2-4H,1H3. The van der Waals surface area contributed by atoms with Crippen LogP contribution in [0.2, 0.25) is 0 Å². The fourth-order valence-electron chi connectivity index (χ4n) is 0.969. The van der Waals surface area contributed by atoms with Gasteiger partial charge < -0.3 is 0 Å². The third-order valence-corrected chi connectivity index (χ3v) is 2.05. The third-order valence-electron chi connectivity index (χ3n) is 1.51. The number of halogens is 1. The Morgan fingerprint density at radius 1 is 1.36 bits per heavy atom. The molecule has 2 aromatic rings. The second-order valence-electron chi connectivity index (χ2n) is 2.40. The highest BCUT2D eigenvalue weighted by atomic mass is 79.9. The van der Waals surface area contributed by atoms with E-state index in [1.807, 2.05) is 29.7 Å². The zero-order chi connectivity index (χ0) is 7.84. The minimum atomic E-state index is 0.746. The Morgan fingerprint density at radius 2 is 2.18 bits per heavy atom. The largest absolute Gasteiger partial charge is 0.277 e. The number of hydrogen-bond acceptors (Lipinski definition) is 2. The molecule has 0 unspecified atom stereocenters. The van der Waals surface area contributed by atoms with E-state index < -0.39 is 0 Å². The van der Waals surface area contributed by atoms with E-state index in [9.17, 15) is 0 Å². The molecular formula is C7H6BrN3. The summed E-state index contributed by atoms with van der Waals surface area (Å²) in [6.07, 6.45) is 1.99. The molecule has 0 aliphatic carbocycles. The number of rotatable bonds is 0. The molecule has 2 rings (SSSR count). The molecule has 0 atom stereocenters. The van der Waals surface area contributed by atoms with E-state index in [4.69, 9.17) is 0 Å². The summed E-state index contributed by atoms with van der Waals surface area (Å²) in [7, 11) is 0. The highest BCUT2D eigenvalue weighted by Crippen LogP contribution is 2.10. The molecule has 0 aliphatic heterocycles. The monoisotopic (exact) mass is 211 g/mol. The van der Waals surface area contributed by atoms with Crippen LogP contribution in [0.4, 0.5) is 0 Å². The smallest absolute Gasteiger partial charge is 0.204 e. The van der Waals surface area contributed by atoms with Gasteiger partial charge in [-0.2, -0.15) is 0 Å². The highest BCUT2D eigenvalue weighted by molar-refractivity contribution is 9.10. The lowest BCUT2D eigenvalue weighted by Crippen LogP contribution is -1.84. The number of nitrogens with zero attached hydrogens (tertiary/aromatic N) is 3. The number of aromatic nitrogens is 3. The first-order chi connectivity index (χ1) is 5.27. The van der Waals surface area contributed by atoms with Crippen molar-refractivity contribution in [2.24, 2.45) is 0 Å². The van der Waals surface area contributed by atoms with Crippen LogP contribution in [0.5, 0.6) is 0 Å². The zero-order valence-corrected chi connectivity index (χ0v) is 7.54. The van der Waals surface area contributed by atoms with E-state index in [0.717, 1.165) is 10.4 Å². The Kier molecular flexibility index (Phi) is 1.42. The lowest BCUT2D eigenvalue weighted by Gasteiger charge is -1.93. The van der Waals surface area contributed by atoms with Crippen molar-refractivity contribution in [1.82, 2.24) is 14.6 Å². The van der Waals surface area contributed by atoms with Crippen LogP contribution < -0.4 is 0 Å². The lowest BCUT2D eigenvalue weighted by molar-refractivity contribution is 1.05. The number of aryl methyl sites for hydroxylation is 1. The number of hydrogen-bond donors (Lipinski definition) is 0. The van der Waals surface area contributed by atoms with Gasteiger partial charge in [-0.15, -0.1) is 10.2 Å². The van der Waals surface area contributed by atoms with Gasteiger partial charge in [-0.05, 0) is 34.5 Å². The summed E-state index contributed by atoms with van der Waals surface area (Å²) >= 11 is 3.29. The van der Waals surface area contributed by atoms with E-state index in [0.29, 0.717) is 0 Å². The molecule has 4 heteroatoms. The van der Waals surface area contributed by atoms with Crippen molar-refractivity contribution in [1.29, 1.82) is 0 Å². The molecule has 0 aromatic carbocycles. The van der Waals surface area contributed by atoms with E-state index in [1.165, 1.54) is 5.56 Å². The van der Waals surface area contributed by atoms with Crippen LogP contribution in [0, 0.1) is 6.92 Å². The average molecular weight is 212 g/mol. The predicted molar refractivity (Wildman–Crippen MR) is 45.4 cm³/mol. The van der Waals surface area contributed by atoms with Crippen molar-refractivity contribution >= 4 is 21.6 Å². The first-order valence-corrected chi connectivity index (χ1v) is 4.03. The maximum Gasteiger partial charge on any atom is 0.204 e. The van der Waals surface area contributed by atoms with Crippen LogP contribution in [0.3, 0.4) is 0 Å². The van der Waals surface area contributed by atoms with Crippen molar-refractivity contribution in [3.8, 4) is 0 Å². The lowest BCUT2D eigenvalue weighted by atomic mass is 10.3. The summed E-state index contributed by atoms with van der Waals surface area (Å²) in [5.41, 5.74) is 2.06. The molecule has 0 bridgehead atoms. The van der Waals surface area contributed by atoms with Gasteiger partial charge in [-0.3, -0.25) is 4.40 Å². The zero-order valence-electron chi connectivity index (χ0n) is 5.95. The summed E-state index contributed by atoms with van der Waals surface area (Å²) in [4.78, 5) is 0. The molecule has 0 amide bonds. The Bertz CT molecular complexity index is 393. The summed E-state index contributed by atoms with van der Waals surface area (Å²) in [6.45, 7) is 2.03. The predicted octanol–water partition coefficient (Wildman–Crippen LogP) is 1.80. The van der Waals surface area contributed by atoms with Crippen LogP contribution in [0.1, 0.15) is 5.56 Å². The molecule has 0 aliphatic rings. The summed E-state index contributed by atoms with van der Waals surface area (Å²) in [5.74, 6) is 0. The topological polar surface area (TPSA) is 30.2 Å². The molecule has 0 fully saturated rings. The van der Waals surface area contributed by atoms with Gasteiger partial charge in [0.25, 0.3) is 0 Å². The Morgan fingerprint density at radius 3 is 3.00 bits per heavy atom. The third kappa shape index (κ3) is 1.03. The Balaban J connectivity index is 2.87. The summed E-state index contributed by atoms with van der Waals surface area (Å²) in [6, 6.07) is 3.95. The van der Waals surface area contributed by atoms with Gasteiger partial charge in [-0.25, -0.2) is 0 Å². The van der Waals surface area contributed by atoms with Gasteiger partial charge in [0.1, 0.15) is 0 Å². The van der Waals surface area contributed by atoms with E-state index in [1.54, 1.807) is 0 Å². The molecule has 56 valence electrons. The molecular weight excluding hydrogens is 206 g/mol. The summed E-state index contributed by atoms with van der Waals surface area (Å²) < 4.78 is 2.64. The average Bonchev–Trinajstić information content (AvgIpc) is 2.33. The Hall–Kier alpha value is -0.900. The van der Waals surface area contributed by atoms with Crippen LogP contribution in [-0.4, -0.2) is 14.6 Å². The molecule has 2 aromatic heterocycles. The minimum absolute atomic E-state index is 0.746. The van der Waals surface area contributed by atoms with Gasteiger partial charge in [0.15, 0.2) is 5.65 Å². The molecule has 0 N–H and O–H groups in total. The molecule has 11 heavy (non-hydrogen) atoms. The van der Waals surface area contributed by atoms with Gasteiger partial charge in [0.2, 0.25) is 4.73 Å². The summed E-state index contributed by atoms with van der Waals surface area (Å²) in [5, 5.41) is 7.79. The van der Waals surface area contributed by atoms with Crippen LogP contribution in [-0.2, 0) is 0 Å². The first kappa shape index (κ1) is 6.79. The first-order valence-electron chi connectivity index (χ1n) is 3.24. The SMILES string of the molecule is Cc1ccc2nnc(Br)n2c1. The van der Waals surface area contributed by atoms with Crippen molar-refractivity contribution in [2.75, 3.05) is 0 Å². The maximum absolute atomic E-state index is 3.93. The van der Waals surface area contributed by atoms with Crippen molar-refractivity contribution in [3.63, 3.8) is 0 Å². The van der Waals surface area contributed by atoms with E-state index in [-0.39, 0.29) is 0 Å². The molecule has 0 saturated carbocycles. The van der Waals surface area contributed by atoms with Crippen LogP contribution in [0.15, 0.2) is 23.1 Å². The second kappa shape index (κ2) is 2.30. The normalized spacial score (nSPS) is 10.7. The number of fused-ring (bicyclic) bond motifs is 1. The van der Waals surface area contributed by atoms with Crippen LogP contribution in [0.25, 0.3) is 5.65 Å². The van der Waals surface area contributed by atoms with E-state index in [2.05, 4.69) is 26.1 Å². The second-order valence-corrected chi connectivity index (χ2v) is 3.11. The highest BCUT2D eigenvalue weighted by Gasteiger charge is 1.99. The van der Waals surface area contributed by atoms with Gasteiger partial charge in [-0.1, -0.05) is 6.07 Å². The molecule has 2 heterocycles. The van der Waals surface area contributed by atoms with Crippen LogP contribution >= 0.6 is 15.9 Å². The van der Waals surface area contributed by atoms with Gasteiger partial charge >= 0.3 is 0 Å². The van der Waals surface area contributed by atoms with E-state index >= 15 is 0 Å². The molecule has 0 saturated heterocycles. The quantitative estimate of drug-likeness (QED) is 0.666. The van der Waals surface area contributed by atoms with Crippen molar-refractivity contribution in [3.05, 3.63) is 28.6 Å². The fraction of sp³-hybridized carbons (Fsp3) is 0.143. The van der Waals surface area contributed by atoms with Gasteiger partial charge in [0.05, 0.1) is 0 Å². The molecule has 0 radical (unpaired) electrons. The fourth-order valence-corrected chi connectivity index (χ4v) is 1.33. The minimum Gasteiger partial charge on any atom is -0.277 e.